The van der Waals surface area contributed by atoms with Gasteiger partial charge in [-0.3, -0.25) is 9.88 Å². The van der Waals surface area contributed by atoms with Gasteiger partial charge in [-0.2, -0.15) is 26.3 Å². The fourth-order valence-corrected chi connectivity index (χ4v) is 4.80. The van der Waals surface area contributed by atoms with Gasteiger partial charge < -0.3 is 15.0 Å². The predicted molar refractivity (Wildman–Crippen MR) is 154 cm³/mol. The summed E-state index contributed by atoms with van der Waals surface area (Å²) in [6.07, 6.45) is -7.51. The maximum atomic E-state index is 13.1. The molecule has 0 amide bonds. The zero-order valence-electron chi connectivity index (χ0n) is 22.6. The van der Waals surface area contributed by atoms with Crippen molar-refractivity contribution in [2.75, 3.05) is 49.5 Å². The molecule has 1 aromatic heterocycles. The van der Waals surface area contributed by atoms with Gasteiger partial charge in [0.15, 0.2) is 0 Å². The topological polar surface area (TPSA) is 57.7 Å². The first kappa shape index (κ1) is 31.9. The Morgan fingerprint density at radius 3 is 2.23 bits per heavy atom. The van der Waals surface area contributed by atoms with Crippen molar-refractivity contribution in [2.24, 2.45) is 0 Å². The summed E-state index contributed by atoms with van der Waals surface area (Å²) in [6, 6.07) is 16.8. The lowest BCUT2D eigenvalue weighted by molar-refractivity contribution is -0.138. The zero-order chi connectivity index (χ0) is 29.9. The van der Waals surface area contributed by atoms with Crippen LogP contribution in [0.4, 0.5) is 43.4 Å². The van der Waals surface area contributed by atoms with E-state index in [9.17, 15) is 31.1 Å². The molecule has 13 heteroatoms. The maximum Gasteiger partial charge on any atom is 0.416 e. The quantitative estimate of drug-likeness (QED) is 0.171. The number of hydrogen-bond acceptors (Lipinski definition) is 6. The number of carbonyl (C=O) groups is 1. The summed E-state index contributed by atoms with van der Waals surface area (Å²) in [4.78, 5) is 21.0. The Bertz CT molecular complexity index is 1570. The van der Waals surface area contributed by atoms with Crippen molar-refractivity contribution < 1.29 is 35.9 Å². The number of halogens is 7. The average Bonchev–Trinajstić information content (AvgIpc) is 2.97. The van der Waals surface area contributed by atoms with Crippen molar-refractivity contribution in [1.82, 2.24) is 9.88 Å². The molecular formula is C30H27ClF6N4O2. The van der Waals surface area contributed by atoms with Gasteiger partial charge in [0.2, 0.25) is 0 Å². The lowest BCUT2D eigenvalue weighted by Crippen LogP contribution is -2.47. The van der Waals surface area contributed by atoms with Crippen LogP contribution in [0.25, 0.3) is 10.9 Å². The highest BCUT2D eigenvalue weighted by molar-refractivity contribution is 5.99. The molecule has 1 aliphatic rings. The van der Waals surface area contributed by atoms with Crippen LogP contribution in [0.1, 0.15) is 21.5 Å². The minimum absolute atomic E-state index is 0. The molecule has 43 heavy (non-hydrogen) atoms. The number of carbonyl (C=O) groups excluding carboxylic acids is 1. The molecule has 0 unspecified atom stereocenters. The van der Waals surface area contributed by atoms with E-state index in [4.69, 9.17) is 4.74 Å². The Morgan fingerprint density at radius 2 is 1.51 bits per heavy atom. The number of benzene rings is 3. The molecule has 0 saturated carbocycles. The number of pyridine rings is 1. The second-order valence-corrected chi connectivity index (χ2v) is 9.77. The number of anilines is 3. The summed E-state index contributed by atoms with van der Waals surface area (Å²) in [5, 5.41) is 3.58. The van der Waals surface area contributed by atoms with Crippen molar-refractivity contribution >= 4 is 46.3 Å². The number of nitrogens with zero attached hydrogens (tertiary/aromatic N) is 3. The summed E-state index contributed by atoms with van der Waals surface area (Å²) < 4.78 is 84.1. The van der Waals surface area contributed by atoms with Gasteiger partial charge in [0.25, 0.3) is 0 Å². The number of esters is 1. The number of rotatable bonds is 7. The number of ether oxygens (including phenoxy) is 1. The molecule has 1 aliphatic heterocycles. The predicted octanol–water partition coefficient (Wildman–Crippen LogP) is 7.42. The van der Waals surface area contributed by atoms with Gasteiger partial charge in [-0.15, -0.1) is 12.4 Å². The summed E-state index contributed by atoms with van der Waals surface area (Å²) in [5.74, 6) is -0.571. The molecular weight excluding hydrogens is 598 g/mol. The largest absolute Gasteiger partial charge is 0.461 e. The molecule has 0 aliphatic carbocycles. The molecule has 1 N–H and O–H groups in total. The first-order chi connectivity index (χ1) is 20.0. The monoisotopic (exact) mass is 624 g/mol. The van der Waals surface area contributed by atoms with Gasteiger partial charge >= 0.3 is 18.3 Å². The summed E-state index contributed by atoms with van der Waals surface area (Å²) in [5.41, 5.74) is 0.337. The van der Waals surface area contributed by atoms with E-state index in [2.05, 4.69) is 15.2 Å². The zero-order valence-corrected chi connectivity index (χ0v) is 23.4. The molecule has 228 valence electrons. The molecule has 0 bridgehead atoms. The van der Waals surface area contributed by atoms with Gasteiger partial charge in [-0.1, -0.05) is 24.3 Å². The van der Waals surface area contributed by atoms with Crippen LogP contribution >= 0.6 is 12.4 Å². The van der Waals surface area contributed by atoms with Crippen molar-refractivity contribution in [2.45, 2.75) is 12.4 Å². The standard InChI is InChI=1S/C30H26F6N4O2.ClH/c31-29(32,33)20-4-3-5-22(18-20)40-14-12-39(13-15-40)16-17-42-28(41)24-6-1-2-7-25(24)38-26-10-11-37-27-19-21(30(34,35)36)8-9-23(26)27;/h1-11,18-19H,12-17H2,(H,37,38);1H. The Kier molecular flexibility index (Phi) is 9.71. The van der Waals surface area contributed by atoms with Gasteiger partial charge in [-0.25, -0.2) is 4.79 Å². The van der Waals surface area contributed by atoms with Crippen LogP contribution in [-0.4, -0.2) is 55.2 Å². The molecule has 2 heterocycles. The third-order valence-corrected chi connectivity index (χ3v) is 7.04. The fourth-order valence-electron chi connectivity index (χ4n) is 4.80. The van der Waals surface area contributed by atoms with Crippen LogP contribution in [0, 0.1) is 0 Å². The number of hydrogen-bond donors (Lipinski definition) is 1. The Balaban J connectivity index is 0.00000423. The normalized spacial score (nSPS) is 14.3. The maximum absolute atomic E-state index is 13.1. The SMILES string of the molecule is Cl.O=C(OCCN1CCN(c2cccc(C(F)(F)F)c2)CC1)c1ccccc1Nc1ccnc2cc(C(F)(F)F)ccc12. The number of alkyl halides is 6. The first-order valence-corrected chi connectivity index (χ1v) is 13.1. The first-order valence-electron chi connectivity index (χ1n) is 13.1. The molecule has 0 atom stereocenters. The third-order valence-electron chi connectivity index (χ3n) is 7.04. The van der Waals surface area contributed by atoms with Crippen LogP contribution in [0.5, 0.6) is 0 Å². The van der Waals surface area contributed by atoms with Crippen molar-refractivity contribution in [3.8, 4) is 0 Å². The van der Waals surface area contributed by atoms with E-state index in [1.165, 1.54) is 18.3 Å². The van der Waals surface area contributed by atoms with E-state index < -0.39 is 29.4 Å². The van der Waals surface area contributed by atoms with Crippen molar-refractivity contribution in [3.05, 3.63) is 95.7 Å². The Hall–Kier alpha value is -4.03. The second kappa shape index (κ2) is 13.1. The smallest absolute Gasteiger partial charge is 0.416 e. The highest BCUT2D eigenvalue weighted by Crippen LogP contribution is 2.34. The average molecular weight is 625 g/mol. The van der Waals surface area contributed by atoms with Gasteiger partial charge in [0.1, 0.15) is 6.61 Å². The molecule has 4 aromatic rings. The molecule has 6 nitrogen and oxygen atoms in total. The minimum Gasteiger partial charge on any atom is -0.461 e. The van der Waals surface area contributed by atoms with E-state index in [1.807, 2.05) is 4.90 Å². The summed E-state index contributed by atoms with van der Waals surface area (Å²) in [6.45, 7) is 2.82. The molecule has 3 aromatic carbocycles. The molecule has 5 rings (SSSR count). The number of aromatic nitrogens is 1. The Labute approximate surface area is 249 Å². The second-order valence-electron chi connectivity index (χ2n) is 9.77. The molecule has 0 spiro atoms. The van der Waals surface area contributed by atoms with Gasteiger partial charge in [0.05, 0.1) is 27.9 Å². The van der Waals surface area contributed by atoms with Crippen LogP contribution in [0.2, 0.25) is 0 Å². The van der Waals surface area contributed by atoms with Gasteiger partial charge in [-0.05, 0) is 48.5 Å². The van der Waals surface area contributed by atoms with Crippen molar-refractivity contribution in [3.63, 3.8) is 0 Å². The van der Waals surface area contributed by atoms with Crippen molar-refractivity contribution in [1.29, 1.82) is 0 Å². The lowest BCUT2D eigenvalue weighted by atomic mass is 10.1. The number of fused-ring (bicyclic) bond motifs is 1. The third kappa shape index (κ3) is 7.68. The molecule has 0 radical (unpaired) electrons. The number of nitrogens with one attached hydrogen (secondary N) is 1. The molecule has 1 fully saturated rings. The fraction of sp³-hybridized carbons (Fsp3) is 0.267. The van der Waals surface area contributed by atoms with E-state index >= 15 is 0 Å². The molecule has 1 saturated heterocycles. The Morgan fingerprint density at radius 1 is 0.814 bits per heavy atom. The summed E-state index contributed by atoms with van der Waals surface area (Å²) in [7, 11) is 0. The minimum atomic E-state index is -4.49. The van der Waals surface area contributed by atoms with Crippen LogP contribution < -0.4 is 10.2 Å². The summed E-state index contributed by atoms with van der Waals surface area (Å²) >= 11 is 0. The van der Waals surface area contributed by atoms with E-state index in [1.54, 1.807) is 36.4 Å². The number of piperazine rings is 1. The highest BCUT2D eigenvalue weighted by Gasteiger charge is 2.32. The van der Waals surface area contributed by atoms with Crippen LogP contribution in [-0.2, 0) is 17.1 Å². The highest BCUT2D eigenvalue weighted by atomic mass is 35.5. The van der Waals surface area contributed by atoms with E-state index in [0.29, 0.717) is 55.2 Å². The van der Waals surface area contributed by atoms with Crippen LogP contribution in [0.3, 0.4) is 0 Å². The lowest BCUT2D eigenvalue weighted by Gasteiger charge is -2.36. The van der Waals surface area contributed by atoms with E-state index in [-0.39, 0.29) is 30.1 Å². The van der Waals surface area contributed by atoms with E-state index in [0.717, 1.165) is 24.3 Å². The van der Waals surface area contributed by atoms with Gasteiger partial charge in [0, 0.05) is 55.7 Å². The van der Waals surface area contributed by atoms with Crippen LogP contribution in [0.15, 0.2) is 79.0 Å². The number of para-hydroxylation sites is 1.